The van der Waals surface area contributed by atoms with Gasteiger partial charge >= 0.3 is 5.97 Å². The Hall–Kier alpha value is -1.84. The van der Waals surface area contributed by atoms with Crippen molar-refractivity contribution < 1.29 is 9.90 Å². The van der Waals surface area contributed by atoms with Crippen molar-refractivity contribution in [2.75, 3.05) is 0 Å². The van der Waals surface area contributed by atoms with Gasteiger partial charge in [0.15, 0.2) is 0 Å². The first-order valence-corrected chi connectivity index (χ1v) is 6.85. The van der Waals surface area contributed by atoms with E-state index < -0.39 is 5.97 Å². The molecule has 1 N–H and O–H groups in total. The van der Waals surface area contributed by atoms with Crippen LogP contribution >= 0.6 is 0 Å². The standard InChI is InChI=1S/C15H18N2O2/c1-3-13-16-14-11(15(18)19)5-4-6-12(14)17(13)10-7-9(2)8-10/h4-6,9-10H,3,7-8H2,1-2H3,(H,18,19). The van der Waals surface area contributed by atoms with E-state index in [0.29, 0.717) is 17.1 Å². The number of fused-ring (bicyclic) bond motifs is 1. The maximum Gasteiger partial charge on any atom is 0.337 e. The minimum absolute atomic E-state index is 0.304. The molecule has 0 amide bonds. The molecule has 2 aromatic rings. The predicted molar refractivity (Wildman–Crippen MR) is 73.5 cm³/mol. The maximum absolute atomic E-state index is 11.3. The third-order valence-electron chi connectivity index (χ3n) is 4.05. The van der Waals surface area contributed by atoms with E-state index in [-0.39, 0.29) is 0 Å². The Bertz CT molecular complexity index is 639. The van der Waals surface area contributed by atoms with Crippen LogP contribution in [0.25, 0.3) is 11.0 Å². The second-order valence-corrected chi connectivity index (χ2v) is 5.46. The highest BCUT2D eigenvalue weighted by molar-refractivity contribution is 6.01. The molecule has 1 saturated carbocycles. The van der Waals surface area contributed by atoms with Gasteiger partial charge in [-0.15, -0.1) is 0 Å². The Morgan fingerprint density at radius 2 is 2.21 bits per heavy atom. The number of carbonyl (C=O) groups is 1. The van der Waals surface area contributed by atoms with Crippen molar-refractivity contribution in [3.05, 3.63) is 29.6 Å². The quantitative estimate of drug-likeness (QED) is 0.919. The molecule has 1 heterocycles. The highest BCUT2D eigenvalue weighted by atomic mass is 16.4. The molecular formula is C15H18N2O2. The van der Waals surface area contributed by atoms with Crippen LogP contribution in [0.1, 0.15) is 48.9 Å². The van der Waals surface area contributed by atoms with E-state index >= 15 is 0 Å². The first kappa shape index (κ1) is 12.2. The van der Waals surface area contributed by atoms with Crippen LogP contribution in [0.2, 0.25) is 0 Å². The number of hydrogen-bond donors (Lipinski definition) is 1. The normalized spacial score (nSPS) is 22.4. The molecule has 1 aliphatic rings. The summed E-state index contributed by atoms with van der Waals surface area (Å²) in [4.78, 5) is 15.8. The van der Waals surface area contributed by atoms with Gasteiger partial charge in [0.25, 0.3) is 0 Å². The van der Waals surface area contributed by atoms with E-state index in [1.165, 1.54) is 0 Å². The Kier molecular flexibility index (Phi) is 2.81. The van der Waals surface area contributed by atoms with E-state index in [1.54, 1.807) is 6.07 Å². The SMILES string of the molecule is CCc1nc2c(C(=O)O)cccc2n1C1CC(C)C1. The van der Waals surface area contributed by atoms with Crippen LogP contribution in [-0.2, 0) is 6.42 Å². The summed E-state index contributed by atoms with van der Waals surface area (Å²) >= 11 is 0. The predicted octanol–water partition coefficient (Wildman–Crippen LogP) is 3.27. The summed E-state index contributed by atoms with van der Waals surface area (Å²) in [6.07, 6.45) is 3.16. The zero-order valence-corrected chi connectivity index (χ0v) is 11.3. The number of para-hydroxylation sites is 1. The molecule has 1 fully saturated rings. The van der Waals surface area contributed by atoms with Crippen LogP contribution in [-0.4, -0.2) is 20.6 Å². The lowest BCUT2D eigenvalue weighted by Gasteiger charge is -2.35. The number of rotatable bonds is 3. The van der Waals surface area contributed by atoms with E-state index in [9.17, 15) is 9.90 Å². The first-order valence-electron chi connectivity index (χ1n) is 6.85. The average molecular weight is 258 g/mol. The molecule has 4 heteroatoms. The molecule has 0 unspecified atom stereocenters. The summed E-state index contributed by atoms with van der Waals surface area (Å²) in [6, 6.07) is 5.91. The van der Waals surface area contributed by atoms with E-state index in [1.807, 2.05) is 12.1 Å². The summed E-state index contributed by atoms with van der Waals surface area (Å²) < 4.78 is 2.25. The van der Waals surface area contributed by atoms with Crippen LogP contribution in [0, 0.1) is 5.92 Å². The lowest BCUT2D eigenvalue weighted by molar-refractivity contribution is 0.0699. The summed E-state index contributed by atoms with van der Waals surface area (Å²) in [6.45, 7) is 4.32. The van der Waals surface area contributed by atoms with Crippen LogP contribution in [0.5, 0.6) is 0 Å². The maximum atomic E-state index is 11.3. The summed E-state index contributed by atoms with van der Waals surface area (Å²) in [5.74, 6) is 0.857. The molecule has 0 atom stereocenters. The van der Waals surface area contributed by atoms with Crippen molar-refractivity contribution >= 4 is 17.0 Å². The van der Waals surface area contributed by atoms with Gasteiger partial charge in [-0.25, -0.2) is 9.78 Å². The molecule has 1 aliphatic carbocycles. The topological polar surface area (TPSA) is 55.1 Å². The number of hydrogen-bond acceptors (Lipinski definition) is 2. The molecular weight excluding hydrogens is 240 g/mol. The fourth-order valence-corrected chi connectivity index (χ4v) is 3.07. The van der Waals surface area contributed by atoms with Crippen molar-refractivity contribution in [1.82, 2.24) is 9.55 Å². The zero-order valence-electron chi connectivity index (χ0n) is 11.3. The number of benzene rings is 1. The number of nitrogens with zero attached hydrogens (tertiary/aromatic N) is 2. The average Bonchev–Trinajstić information content (AvgIpc) is 2.72. The molecule has 1 aromatic heterocycles. The molecule has 19 heavy (non-hydrogen) atoms. The minimum Gasteiger partial charge on any atom is -0.478 e. The molecule has 0 spiro atoms. The second kappa shape index (κ2) is 4.37. The number of aromatic carboxylic acids is 1. The molecule has 100 valence electrons. The van der Waals surface area contributed by atoms with Gasteiger partial charge < -0.3 is 9.67 Å². The third-order valence-corrected chi connectivity index (χ3v) is 4.05. The van der Waals surface area contributed by atoms with Crippen LogP contribution in [0.3, 0.4) is 0 Å². The highest BCUT2D eigenvalue weighted by Crippen LogP contribution is 2.40. The molecule has 1 aromatic carbocycles. The number of carboxylic acids is 1. The minimum atomic E-state index is -0.903. The van der Waals surface area contributed by atoms with Crippen molar-refractivity contribution in [3.8, 4) is 0 Å². The molecule has 0 radical (unpaired) electrons. The largest absolute Gasteiger partial charge is 0.478 e. The molecule has 0 bridgehead atoms. The van der Waals surface area contributed by atoms with E-state index in [0.717, 1.165) is 36.5 Å². The Morgan fingerprint density at radius 1 is 1.47 bits per heavy atom. The van der Waals surface area contributed by atoms with E-state index in [2.05, 4.69) is 23.4 Å². The van der Waals surface area contributed by atoms with Crippen molar-refractivity contribution in [3.63, 3.8) is 0 Å². The van der Waals surface area contributed by atoms with Crippen LogP contribution < -0.4 is 0 Å². The van der Waals surface area contributed by atoms with Gasteiger partial charge in [0.1, 0.15) is 11.3 Å². The van der Waals surface area contributed by atoms with Crippen molar-refractivity contribution in [2.24, 2.45) is 5.92 Å². The summed E-state index contributed by atoms with van der Waals surface area (Å²) in [5.41, 5.74) is 1.90. The number of aryl methyl sites for hydroxylation is 1. The van der Waals surface area contributed by atoms with Gasteiger partial charge in [-0.2, -0.15) is 0 Å². The fraction of sp³-hybridized carbons (Fsp3) is 0.467. The number of carboxylic acid groups (broad SMARTS) is 1. The molecule has 0 aliphatic heterocycles. The second-order valence-electron chi connectivity index (χ2n) is 5.46. The Labute approximate surface area is 112 Å². The lowest BCUT2D eigenvalue weighted by atomic mass is 9.81. The van der Waals surface area contributed by atoms with Gasteiger partial charge in [-0.3, -0.25) is 0 Å². The molecule has 0 saturated heterocycles. The van der Waals surface area contributed by atoms with Gasteiger partial charge in [0.2, 0.25) is 0 Å². The van der Waals surface area contributed by atoms with E-state index in [4.69, 9.17) is 0 Å². The smallest absolute Gasteiger partial charge is 0.337 e. The fourth-order valence-electron chi connectivity index (χ4n) is 3.07. The van der Waals surface area contributed by atoms with Gasteiger partial charge in [-0.05, 0) is 30.9 Å². The van der Waals surface area contributed by atoms with Gasteiger partial charge in [-0.1, -0.05) is 19.9 Å². The van der Waals surface area contributed by atoms with Crippen molar-refractivity contribution in [2.45, 2.75) is 39.2 Å². The van der Waals surface area contributed by atoms with Crippen molar-refractivity contribution in [1.29, 1.82) is 0 Å². The molecule has 4 nitrogen and oxygen atoms in total. The first-order chi connectivity index (χ1) is 9.11. The summed E-state index contributed by atoms with van der Waals surface area (Å²) in [5, 5.41) is 9.26. The lowest BCUT2D eigenvalue weighted by Crippen LogP contribution is -2.25. The Morgan fingerprint density at radius 3 is 2.79 bits per heavy atom. The third kappa shape index (κ3) is 1.82. The van der Waals surface area contributed by atoms with Gasteiger partial charge in [0.05, 0.1) is 11.1 Å². The molecule has 3 rings (SSSR count). The van der Waals surface area contributed by atoms with Gasteiger partial charge in [0, 0.05) is 12.5 Å². The van der Waals surface area contributed by atoms with Crippen LogP contribution in [0.4, 0.5) is 0 Å². The highest BCUT2D eigenvalue weighted by Gasteiger charge is 2.30. The summed E-state index contributed by atoms with van der Waals surface area (Å²) in [7, 11) is 0. The van der Waals surface area contributed by atoms with Crippen LogP contribution in [0.15, 0.2) is 18.2 Å². The number of aromatic nitrogens is 2. The zero-order chi connectivity index (χ0) is 13.6. The monoisotopic (exact) mass is 258 g/mol. The Balaban J connectivity index is 2.20. The number of imidazole rings is 1.